The fourth-order valence-electron chi connectivity index (χ4n) is 2.60. The lowest BCUT2D eigenvalue weighted by atomic mass is 10.1. The van der Waals surface area contributed by atoms with Gasteiger partial charge in [0.25, 0.3) is 0 Å². The fraction of sp³-hybridized carbons (Fsp3) is 0.562. The SMILES string of the molecule is CS(=O)(=O)c1ccc(CCNC(=O)N2CCCCCC2)cc1. The summed E-state index contributed by atoms with van der Waals surface area (Å²) < 4.78 is 22.8. The molecule has 1 aliphatic rings. The van der Waals surface area contributed by atoms with E-state index < -0.39 is 9.84 Å². The Morgan fingerprint density at radius 3 is 2.23 bits per heavy atom. The van der Waals surface area contributed by atoms with Crippen molar-refractivity contribution in [2.45, 2.75) is 37.0 Å². The molecule has 0 bridgehead atoms. The van der Waals surface area contributed by atoms with Crippen molar-refractivity contribution < 1.29 is 13.2 Å². The predicted molar refractivity (Wildman–Crippen MR) is 86.7 cm³/mol. The first kappa shape index (κ1) is 16.8. The number of likely N-dealkylation sites (tertiary alicyclic amines) is 1. The van der Waals surface area contributed by atoms with Gasteiger partial charge in [-0.05, 0) is 37.0 Å². The Balaban J connectivity index is 1.79. The minimum Gasteiger partial charge on any atom is -0.338 e. The molecular formula is C16H24N2O3S. The first-order chi connectivity index (χ1) is 10.5. The lowest BCUT2D eigenvalue weighted by molar-refractivity contribution is 0.200. The minimum absolute atomic E-state index is 0.00894. The highest BCUT2D eigenvalue weighted by Gasteiger charge is 2.14. The van der Waals surface area contributed by atoms with Gasteiger partial charge >= 0.3 is 6.03 Å². The van der Waals surface area contributed by atoms with Crippen LogP contribution in [0.1, 0.15) is 31.2 Å². The smallest absolute Gasteiger partial charge is 0.317 e. The second-order valence-electron chi connectivity index (χ2n) is 5.80. The standard InChI is InChI=1S/C16H24N2O3S/c1-22(20,21)15-8-6-14(7-9-15)10-11-17-16(19)18-12-4-2-3-5-13-18/h6-9H,2-5,10-13H2,1H3,(H,17,19). The van der Waals surface area contributed by atoms with Crippen LogP contribution in [0.5, 0.6) is 0 Å². The molecule has 0 unspecified atom stereocenters. The number of sulfone groups is 1. The number of amides is 2. The second-order valence-corrected chi connectivity index (χ2v) is 7.82. The molecule has 0 aromatic heterocycles. The van der Waals surface area contributed by atoms with E-state index in [0.29, 0.717) is 17.9 Å². The Morgan fingerprint density at radius 1 is 1.09 bits per heavy atom. The molecule has 0 saturated carbocycles. The number of benzene rings is 1. The summed E-state index contributed by atoms with van der Waals surface area (Å²) in [5.41, 5.74) is 1.02. The van der Waals surface area contributed by atoms with E-state index in [2.05, 4.69) is 5.32 Å². The highest BCUT2D eigenvalue weighted by Crippen LogP contribution is 2.11. The summed E-state index contributed by atoms with van der Waals surface area (Å²) in [6, 6.07) is 6.83. The highest BCUT2D eigenvalue weighted by molar-refractivity contribution is 7.90. The summed E-state index contributed by atoms with van der Waals surface area (Å²) in [6.07, 6.45) is 6.47. The van der Waals surface area contributed by atoms with Crippen LogP contribution in [0.3, 0.4) is 0 Å². The van der Waals surface area contributed by atoms with Crippen LogP contribution in [0.4, 0.5) is 4.79 Å². The van der Waals surface area contributed by atoms with Gasteiger partial charge in [0.15, 0.2) is 9.84 Å². The van der Waals surface area contributed by atoms with E-state index in [1.54, 1.807) is 24.3 Å². The molecule has 5 nitrogen and oxygen atoms in total. The summed E-state index contributed by atoms with van der Waals surface area (Å²) in [5.74, 6) is 0. The lowest BCUT2D eigenvalue weighted by Gasteiger charge is -2.20. The van der Waals surface area contributed by atoms with Gasteiger partial charge in [0.2, 0.25) is 0 Å². The number of carbonyl (C=O) groups excluding carboxylic acids is 1. The van der Waals surface area contributed by atoms with Crippen LogP contribution in [0.25, 0.3) is 0 Å². The molecule has 0 atom stereocenters. The maximum absolute atomic E-state index is 12.1. The van der Waals surface area contributed by atoms with E-state index in [1.165, 1.54) is 19.1 Å². The number of urea groups is 1. The van der Waals surface area contributed by atoms with Gasteiger partial charge < -0.3 is 10.2 Å². The van der Waals surface area contributed by atoms with Crippen LogP contribution >= 0.6 is 0 Å². The molecule has 1 aromatic carbocycles. The number of nitrogens with zero attached hydrogens (tertiary/aromatic N) is 1. The molecule has 1 heterocycles. The predicted octanol–water partition coefficient (Wildman–Crippen LogP) is 2.22. The van der Waals surface area contributed by atoms with E-state index in [1.807, 2.05) is 4.90 Å². The first-order valence-corrected chi connectivity index (χ1v) is 9.68. The summed E-state index contributed by atoms with van der Waals surface area (Å²) in [5, 5.41) is 2.94. The maximum Gasteiger partial charge on any atom is 0.317 e. The van der Waals surface area contributed by atoms with Crippen molar-refractivity contribution in [2.24, 2.45) is 0 Å². The topological polar surface area (TPSA) is 66.5 Å². The number of nitrogens with one attached hydrogen (secondary N) is 1. The van der Waals surface area contributed by atoms with Crippen LogP contribution < -0.4 is 5.32 Å². The Labute approximate surface area is 132 Å². The monoisotopic (exact) mass is 324 g/mol. The zero-order valence-corrected chi connectivity index (χ0v) is 13.9. The van der Waals surface area contributed by atoms with E-state index in [4.69, 9.17) is 0 Å². The lowest BCUT2D eigenvalue weighted by Crippen LogP contribution is -2.41. The molecule has 2 rings (SSSR count). The third kappa shape index (κ3) is 5.02. The Morgan fingerprint density at radius 2 is 1.68 bits per heavy atom. The van der Waals surface area contributed by atoms with Crippen molar-refractivity contribution in [3.63, 3.8) is 0 Å². The molecule has 2 amide bonds. The third-order valence-corrected chi connectivity index (χ3v) is 5.06. The third-order valence-electron chi connectivity index (χ3n) is 3.93. The zero-order valence-electron chi connectivity index (χ0n) is 13.0. The van der Waals surface area contributed by atoms with Gasteiger partial charge in [-0.1, -0.05) is 25.0 Å². The molecule has 1 saturated heterocycles. The number of hydrogen-bond donors (Lipinski definition) is 1. The maximum atomic E-state index is 12.1. The van der Waals surface area contributed by atoms with Crippen molar-refractivity contribution in [3.8, 4) is 0 Å². The Hall–Kier alpha value is -1.56. The van der Waals surface area contributed by atoms with Crippen molar-refractivity contribution in [1.82, 2.24) is 10.2 Å². The van der Waals surface area contributed by atoms with Gasteiger partial charge in [-0.3, -0.25) is 0 Å². The number of rotatable bonds is 4. The van der Waals surface area contributed by atoms with Crippen LogP contribution in [-0.2, 0) is 16.3 Å². The van der Waals surface area contributed by atoms with Crippen molar-refractivity contribution >= 4 is 15.9 Å². The summed E-state index contributed by atoms with van der Waals surface area (Å²) in [4.78, 5) is 14.3. The normalized spacial score (nSPS) is 16.1. The number of hydrogen-bond acceptors (Lipinski definition) is 3. The molecule has 0 radical (unpaired) electrons. The van der Waals surface area contributed by atoms with Gasteiger partial charge in [0, 0.05) is 25.9 Å². The molecule has 0 spiro atoms. The quantitative estimate of drug-likeness (QED) is 0.923. The van der Waals surface area contributed by atoms with Gasteiger partial charge in [-0.15, -0.1) is 0 Å². The van der Waals surface area contributed by atoms with Gasteiger partial charge in [-0.2, -0.15) is 0 Å². The van der Waals surface area contributed by atoms with Crippen molar-refractivity contribution in [1.29, 1.82) is 0 Å². The van der Waals surface area contributed by atoms with E-state index in [-0.39, 0.29) is 6.03 Å². The zero-order chi connectivity index (χ0) is 16.0. The van der Waals surface area contributed by atoms with Gasteiger partial charge in [0.05, 0.1) is 4.90 Å². The molecule has 0 aliphatic carbocycles. The largest absolute Gasteiger partial charge is 0.338 e. The molecule has 6 heteroatoms. The average molecular weight is 324 g/mol. The molecule has 1 aliphatic heterocycles. The fourth-order valence-corrected chi connectivity index (χ4v) is 3.23. The number of carbonyl (C=O) groups is 1. The molecule has 122 valence electrons. The highest BCUT2D eigenvalue weighted by atomic mass is 32.2. The molecular weight excluding hydrogens is 300 g/mol. The molecule has 1 fully saturated rings. The van der Waals surface area contributed by atoms with Gasteiger partial charge in [-0.25, -0.2) is 13.2 Å². The van der Waals surface area contributed by atoms with E-state index >= 15 is 0 Å². The van der Waals surface area contributed by atoms with Crippen molar-refractivity contribution in [2.75, 3.05) is 25.9 Å². The summed E-state index contributed by atoms with van der Waals surface area (Å²) in [7, 11) is -3.15. The van der Waals surface area contributed by atoms with Crippen LogP contribution in [-0.4, -0.2) is 45.2 Å². The van der Waals surface area contributed by atoms with Crippen molar-refractivity contribution in [3.05, 3.63) is 29.8 Å². The molecule has 22 heavy (non-hydrogen) atoms. The van der Waals surface area contributed by atoms with Crippen LogP contribution in [0.2, 0.25) is 0 Å². The Bertz CT molecular complexity index is 588. The summed E-state index contributed by atoms with van der Waals surface area (Å²) >= 11 is 0. The Kier molecular flexibility index (Phi) is 5.83. The average Bonchev–Trinajstić information content (AvgIpc) is 2.76. The summed E-state index contributed by atoms with van der Waals surface area (Å²) in [6.45, 7) is 2.25. The minimum atomic E-state index is -3.15. The van der Waals surface area contributed by atoms with E-state index in [9.17, 15) is 13.2 Å². The first-order valence-electron chi connectivity index (χ1n) is 7.78. The van der Waals surface area contributed by atoms with Gasteiger partial charge in [0.1, 0.15) is 0 Å². The van der Waals surface area contributed by atoms with Crippen LogP contribution in [0, 0.1) is 0 Å². The van der Waals surface area contributed by atoms with Crippen LogP contribution in [0.15, 0.2) is 29.2 Å². The molecule has 1 N–H and O–H groups in total. The van der Waals surface area contributed by atoms with E-state index in [0.717, 1.165) is 31.5 Å². The molecule has 1 aromatic rings. The second kappa shape index (κ2) is 7.63.